The lowest BCUT2D eigenvalue weighted by molar-refractivity contribution is 0.432. The van der Waals surface area contributed by atoms with Crippen molar-refractivity contribution < 1.29 is 8.91 Å². The van der Waals surface area contributed by atoms with Crippen LogP contribution in [0.2, 0.25) is 0 Å². The third-order valence-electron chi connectivity index (χ3n) is 3.27. The third kappa shape index (κ3) is 2.74. The second kappa shape index (κ2) is 6.17. The number of thiophene rings is 1. The highest BCUT2D eigenvalue weighted by molar-refractivity contribution is 7.08. The Bertz CT molecular complexity index is 970. The first kappa shape index (κ1) is 14.5. The molecule has 0 amide bonds. The predicted molar refractivity (Wildman–Crippen MR) is 88.3 cm³/mol. The first-order valence-electron chi connectivity index (χ1n) is 6.99. The summed E-state index contributed by atoms with van der Waals surface area (Å²) in [5.41, 5.74) is 1.67. The molecular formula is C16H10FN5OS. The second-order valence-corrected chi connectivity index (χ2v) is 5.61. The molecule has 0 fully saturated rings. The van der Waals surface area contributed by atoms with Crippen LogP contribution < -0.4 is 5.32 Å². The first-order valence-corrected chi connectivity index (χ1v) is 7.94. The summed E-state index contributed by atoms with van der Waals surface area (Å²) in [6.07, 6.45) is 2.91. The van der Waals surface area contributed by atoms with Gasteiger partial charge in [0.1, 0.15) is 23.5 Å². The van der Waals surface area contributed by atoms with Crippen molar-refractivity contribution in [3.8, 4) is 22.8 Å². The van der Waals surface area contributed by atoms with Crippen LogP contribution in [0.15, 0.2) is 58.1 Å². The standard InChI is InChI=1S/C16H10FN5OS/c17-12-3-1-2-4-13(12)20-15-11(7-18-9-19-15)16-21-14(22-23-16)10-5-6-24-8-10/h1-9H,(H,18,19,20). The molecule has 3 aromatic heterocycles. The monoisotopic (exact) mass is 339 g/mol. The minimum absolute atomic E-state index is 0.260. The Morgan fingerprint density at radius 3 is 2.92 bits per heavy atom. The number of anilines is 2. The molecule has 1 aromatic carbocycles. The molecule has 4 aromatic rings. The van der Waals surface area contributed by atoms with Crippen molar-refractivity contribution in [2.75, 3.05) is 5.32 Å². The van der Waals surface area contributed by atoms with Gasteiger partial charge in [-0.2, -0.15) is 16.3 Å². The Morgan fingerprint density at radius 2 is 2.08 bits per heavy atom. The maximum atomic E-state index is 13.8. The summed E-state index contributed by atoms with van der Waals surface area (Å²) >= 11 is 1.55. The number of nitrogens with zero attached hydrogens (tertiary/aromatic N) is 4. The number of para-hydroxylation sites is 1. The fourth-order valence-electron chi connectivity index (χ4n) is 2.12. The van der Waals surface area contributed by atoms with E-state index in [1.807, 2.05) is 16.8 Å². The van der Waals surface area contributed by atoms with Crippen LogP contribution in [0.1, 0.15) is 0 Å². The molecule has 24 heavy (non-hydrogen) atoms. The molecule has 0 aliphatic carbocycles. The molecule has 1 N–H and O–H groups in total. The zero-order chi connectivity index (χ0) is 16.4. The van der Waals surface area contributed by atoms with Gasteiger partial charge in [-0.3, -0.25) is 0 Å². The summed E-state index contributed by atoms with van der Waals surface area (Å²) in [6.45, 7) is 0. The topological polar surface area (TPSA) is 76.7 Å². The maximum absolute atomic E-state index is 13.8. The van der Waals surface area contributed by atoms with Gasteiger partial charge < -0.3 is 9.84 Å². The van der Waals surface area contributed by atoms with Gasteiger partial charge in [-0.15, -0.1) is 0 Å². The van der Waals surface area contributed by atoms with E-state index in [4.69, 9.17) is 4.52 Å². The molecule has 0 spiro atoms. The van der Waals surface area contributed by atoms with Crippen molar-refractivity contribution in [2.24, 2.45) is 0 Å². The molecule has 0 radical (unpaired) electrons. The van der Waals surface area contributed by atoms with Crippen LogP contribution in [0.4, 0.5) is 15.9 Å². The maximum Gasteiger partial charge on any atom is 0.263 e. The summed E-state index contributed by atoms with van der Waals surface area (Å²) in [5, 5.41) is 10.8. The molecular weight excluding hydrogens is 329 g/mol. The largest absolute Gasteiger partial charge is 0.337 e. The van der Waals surface area contributed by atoms with Crippen LogP contribution in [0.3, 0.4) is 0 Å². The van der Waals surface area contributed by atoms with Crippen molar-refractivity contribution >= 4 is 22.8 Å². The Morgan fingerprint density at radius 1 is 1.17 bits per heavy atom. The minimum atomic E-state index is -0.383. The van der Waals surface area contributed by atoms with E-state index in [-0.39, 0.29) is 11.7 Å². The van der Waals surface area contributed by atoms with E-state index in [0.29, 0.717) is 22.9 Å². The van der Waals surface area contributed by atoms with E-state index >= 15 is 0 Å². The molecule has 0 aliphatic heterocycles. The molecule has 0 aliphatic rings. The number of halogens is 1. The molecule has 3 heterocycles. The molecule has 0 unspecified atom stereocenters. The number of aromatic nitrogens is 4. The molecule has 4 rings (SSSR count). The molecule has 0 bridgehead atoms. The van der Waals surface area contributed by atoms with E-state index in [2.05, 4.69) is 25.4 Å². The second-order valence-electron chi connectivity index (χ2n) is 4.83. The Hall–Kier alpha value is -3.13. The Kier molecular flexibility index (Phi) is 3.72. The normalized spacial score (nSPS) is 10.7. The van der Waals surface area contributed by atoms with E-state index < -0.39 is 0 Å². The average Bonchev–Trinajstić information content (AvgIpc) is 3.28. The first-order chi connectivity index (χ1) is 11.8. The Labute approximate surface area is 140 Å². The van der Waals surface area contributed by atoms with E-state index in [0.717, 1.165) is 5.56 Å². The summed E-state index contributed by atoms with van der Waals surface area (Å²) in [5.74, 6) is 0.741. The van der Waals surface area contributed by atoms with E-state index in [1.165, 1.54) is 12.4 Å². The van der Waals surface area contributed by atoms with Crippen molar-refractivity contribution in [3.05, 3.63) is 59.4 Å². The van der Waals surface area contributed by atoms with Crippen LogP contribution in [0, 0.1) is 5.82 Å². The summed E-state index contributed by atoms with van der Waals surface area (Å²) < 4.78 is 19.2. The lowest BCUT2D eigenvalue weighted by atomic mass is 10.2. The number of hydrogen-bond acceptors (Lipinski definition) is 7. The van der Waals surface area contributed by atoms with Gasteiger partial charge in [0.2, 0.25) is 5.82 Å². The van der Waals surface area contributed by atoms with E-state index in [1.54, 1.807) is 35.7 Å². The van der Waals surface area contributed by atoms with Gasteiger partial charge in [-0.1, -0.05) is 17.3 Å². The van der Waals surface area contributed by atoms with Crippen molar-refractivity contribution in [1.82, 2.24) is 20.1 Å². The smallest absolute Gasteiger partial charge is 0.263 e. The van der Waals surface area contributed by atoms with Gasteiger partial charge >= 0.3 is 0 Å². The number of hydrogen-bond donors (Lipinski definition) is 1. The van der Waals surface area contributed by atoms with Gasteiger partial charge in [-0.05, 0) is 23.6 Å². The number of nitrogens with one attached hydrogen (secondary N) is 1. The summed E-state index contributed by atoms with van der Waals surface area (Å²) in [6, 6.07) is 8.23. The molecule has 6 nitrogen and oxygen atoms in total. The summed E-state index contributed by atoms with van der Waals surface area (Å²) in [7, 11) is 0. The molecule has 0 saturated heterocycles. The van der Waals surface area contributed by atoms with E-state index in [9.17, 15) is 4.39 Å². The fraction of sp³-hybridized carbons (Fsp3) is 0. The zero-order valence-corrected chi connectivity index (χ0v) is 13.0. The van der Waals surface area contributed by atoms with Crippen LogP contribution in [-0.4, -0.2) is 20.1 Å². The zero-order valence-electron chi connectivity index (χ0n) is 12.2. The summed E-state index contributed by atoms with van der Waals surface area (Å²) in [4.78, 5) is 12.5. The molecule has 8 heteroatoms. The van der Waals surface area contributed by atoms with Gasteiger partial charge in [0.15, 0.2) is 0 Å². The highest BCUT2D eigenvalue weighted by atomic mass is 32.1. The van der Waals surface area contributed by atoms with Gasteiger partial charge in [0, 0.05) is 17.1 Å². The lowest BCUT2D eigenvalue weighted by Crippen LogP contribution is -1.99. The van der Waals surface area contributed by atoms with Crippen molar-refractivity contribution in [1.29, 1.82) is 0 Å². The fourth-order valence-corrected chi connectivity index (χ4v) is 2.75. The van der Waals surface area contributed by atoms with Crippen LogP contribution in [0.5, 0.6) is 0 Å². The molecule has 0 saturated carbocycles. The Balaban J connectivity index is 1.71. The predicted octanol–water partition coefficient (Wildman–Crippen LogP) is 4.14. The van der Waals surface area contributed by atoms with Crippen LogP contribution in [0.25, 0.3) is 22.8 Å². The van der Waals surface area contributed by atoms with Crippen molar-refractivity contribution in [3.63, 3.8) is 0 Å². The average molecular weight is 339 g/mol. The number of benzene rings is 1. The third-order valence-corrected chi connectivity index (χ3v) is 3.96. The van der Waals surface area contributed by atoms with Gasteiger partial charge in [0.25, 0.3) is 5.89 Å². The van der Waals surface area contributed by atoms with Gasteiger partial charge in [-0.25, -0.2) is 14.4 Å². The molecule has 118 valence electrons. The van der Waals surface area contributed by atoms with Crippen LogP contribution in [-0.2, 0) is 0 Å². The number of rotatable bonds is 4. The highest BCUT2D eigenvalue weighted by Gasteiger charge is 2.16. The van der Waals surface area contributed by atoms with Crippen LogP contribution >= 0.6 is 11.3 Å². The molecule has 0 atom stereocenters. The highest BCUT2D eigenvalue weighted by Crippen LogP contribution is 2.29. The SMILES string of the molecule is Fc1ccccc1Nc1ncncc1-c1nc(-c2ccsc2)no1. The lowest BCUT2D eigenvalue weighted by Gasteiger charge is -2.08. The minimum Gasteiger partial charge on any atom is -0.337 e. The quantitative estimate of drug-likeness (QED) is 0.602. The van der Waals surface area contributed by atoms with Gasteiger partial charge in [0.05, 0.1) is 5.69 Å². The van der Waals surface area contributed by atoms with Crippen molar-refractivity contribution in [2.45, 2.75) is 0 Å².